The van der Waals surface area contributed by atoms with Gasteiger partial charge < -0.3 is 9.38 Å². The molecule has 0 spiro atoms. The van der Waals surface area contributed by atoms with E-state index in [-0.39, 0.29) is 0 Å². The lowest BCUT2D eigenvalue weighted by Crippen LogP contribution is -1.80. The molecular formula is C24H14N2. The van der Waals surface area contributed by atoms with Gasteiger partial charge in [-0.2, -0.15) is 0 Å². The monoisotopic (exact) mass is 330 g/mol. The molecule has 3 aromatic heterocycles. The molecule has 0 unspecified atom stereocenters. The molecule has 0 aliphatic carbocycles. The molecule has 0 saturated carbocycles. The van der Waals surface area contributed by atoms with Crippen molar-refractivity contribution >= 4 is 59.9 Å². The minimum absolute atomic E-state index is 1.20. The molecule has 0 amide bonds. The molecule has 120 valence electrons. The number of aromatic nitrogens is 2. The molecule has 2 nitrogen and oxygen atoms in total. The number of nitrogens with zero attached hydrogens (tertiary/aromatic N) is 1. The molecule has 2 heteroatoms. The minimum Gasteiger partial charge on any atom is -0.354 e. The zero-order valence-electron chi connectivity index (χ0n) is 14.0. The zero-order valence-corrected chi connectivity index (χ0v) is 14.0. The number of para-hydroxylation sites is 3. The highest BCUT2D eigenvalue weighted by atomic mass is 14.9. The zero-order chi connectivity index (χ0) is 16.8. The van der Waals surface area contributed by atoms with Crippen molar-refractivity contribution in [2.24, 2.45) is 0 Å². The summed E-state index contributed by atoms with van der Waals surface area (Å²) in [6.45, 7) is 0. The second-order valence-electron chi connectivity index (χ2n) is 7.14. The van der Waals surface area contributed by atoms with Gasteiger partial charge >= 0.3 is 0 Å². The van der Waals surface area contributed by atoms with E-state index in [2.05, 4.69) is 88.2 Å². The largest absolute Gasteiger partial charge is 0.354 e. The molecule has 7 aromatic rings. The summed E-state index contributed by atoms with van der Waals surface area (Å²) in [5.74, 6) is 0. The van der Waals surface area contributed by atoms with E-state index in [1.54, 1.807) is 0 Å². The van der Waals surface area contributed by atoms with Crippen molar-refractivity contribution in [2.45, 2.75) is 0 Å². The lowest BCUT2D eigenvalue weighted by molar-refractivity contribution is 1.37. The van der Waals surface area contributed by atoms with Gasteiger partial charge in [0.15, 0.2) is 0 Å². The summed E-state index contributed by atoms with van der Waals surface area (Å²) < 4.78 is 2.43. The first-order valence-electron chi connectivity index (χ1n) is 8.97. The summed E-state index contributed by atoms with van der Waals surface area (Å²) in [5.41, 5.74) is 6.28. The smallest absolute Gasteiger partial charge is 0.0620 e. The molecule has 0 fully saturated rings. The molecule has 0 radical (unpaired) electrons. The van der Waals surface area contributed by atoms with Gasteiger partial charge in [-0.3, -0.25) is 0 Å². The van der Waals surface area contributed by atoms with Crippen LogP contribution in [0.2, 0.25) is 0 Å². The molecular weight excluding hydrogens is 316 g/mol. The van der Waals surface area contributed by atoms with Gasteiger partial charge in [-0.25, -0.2) is 0 Å². The fourth-order valence-electron chi connectivity index (χ4n) is 4.77. The summed E-state index contributed by atoms with van der Waals surface area (Å²) >= 11 is 0. The second-order valence-corrected chi connectivity index (χ2v) is 7.14. The molecule has 3 heterocycles. The van der Waals surface area contributed by atoms with Crippen molar-refractivity contribution < 1.29 is 0 Å². The van der Waals surface area contributed by atoms with Gasteiger partial charge in [-0.1, -0.05) is 54.6 Å². The maximum absolute atomic E-state index is 3.59. The van der Waals surface area contributed by atoms with Gasteiger partial charge in [0.25, 0.3) is 0 Å². The van der Waals surface area contributed by atoms with Crippen LogP contribution in [0.3, 0.4) is 0 Å². The molecule has 0 atom stereocenters. The lowest BCUT2D eigenvalue weighted by atomic mass is 10.1. The van der Waals surface area contributed by atoms with Crippen molar-refractivity contribution in [3.05, 3.63) is 78.9 Å². The number of rotatable bonds is 0. The predicted molar refractivity (Wildman–Crippen MR) is 110 cm³/mol. The topological polar surface area (TPSA) is 20.2 Å². The van der Waals surface area contributed by atoms with Gasteiger partial charge in [-0.05, 0) is 24.3 Å². The van der Waals surface area contributed by atoms with Crippen LogP contribution in [-0.2, 0) is 0 Å². The van der Waals surface area contributed by atoms with Crippen molar-refractivity contribution in [1.82, 2.24) is 9.38 Å². The average molecular weight is 330 g/mol. The Morgan fingerprint density at radius 2 is 1.23 bits per heavy atom. The molecule has 0 bridgehead atoms. The first-order chi connectivity index (χ1) is 12.9. The number of fused-ring (bicyclic) bond motifs is 9. The fourth-order valence-corrected chi connectivity index (χ4v) is 4.77. The van der Waals surface area contributed by atoms with E-state index in [0.717, 1.165) is 0 Å². The number of hydrogen-bond acceptors (Lipinski definition) is 0. The fraction of sp³-hybridized carbons (Fsp3) is 0. The summed E-state index contributed by atoms with van der Waals surface area (Å²) in [5, 5.41) is 7.91. The highest BCUT2D eigenvalue weighted by molar-refractivity contribution is 6.25. The Hall–Kier alpha value is -3.52. The van der Waals surface area contributed by atoms with Crippen LogP contribution in [0.25, 0.3) is 59.9 Å². The third-order valence-electron chi connectivity index (χ3n) is 5.85. The van der Waals surface area contributed by atoms with Crippen LogP contribution >= 0.6 is 0 Å². The van der Waals surface area contributed by atoms with Crippen molar-refractivity contribution in [1.29, 1.82) is 0 Å². The number of benzene rings is 4. The summed E-state index contributed by atoms with van der Waals surface area (Å²) in [6.07, 6.45) is 0. The Bertz CT molecular complexity index is 1630. The van der Waals surface area contributed by atoms with Crippen LogP contribution in [-0.4, -0.2) is 9.38 Å². The standard InChI is InChI=1S/C24H14N2/c1-3-10-20-14(6-1)18-12-19-17-9-5-8-16-15-7-2-4-11-22(15)26(24(16)17)23(19)13-21(18)25-20/h1-13,25H. The van der Waals surface area contributed by atoms with Gasteiger partial charge in [0.1, 0.15) is 0 Å². The Balaban J connectivity index is 1.84. The van der Waals surface area contributed by atoms with E-state index in [1.807, 2.05) is 0 Å². The van der Waals surface area contributed by atoms with E-state index < -0.39 is 0 Å². The Kier molecular flexibility index (Phi) is 2.05. The highest BCUT2D eigenvalue weighted by Crippen LogP contribution is 2.40. The van der Waals surface area contributed by atoms with Crippen LogP contribution in [0.4, 0.5) is 0 Å². The minimum atomic E-state index is 1.20. The van der Waals surface area contributed by atoms with Crippen LogP contribution in [0.15, 0.2) is 78.9 Å². The maximum atomic E-state index is 3.59. The Labute approximate surface area is 148 Å². The number of H-pyrrole nitrogens is 1. The number of hydrogen-bond donors (Lipinski definition) is 1. The summed E-state index contributed by atoms with van der Waals surface area (Å²) in [6, 6.07) is 28.6. The third-order valence-corrected chi connectivity index (χ3v) is 5.85. The van der Waals surface area contributed by atoms with Gasteiger partial charge in [0.05, 0.1) is 16.6 Å². The first kappa shape index (κ1) is 12.8. The van der Waals surface area contributed by atoms with E-state index in [9.17, 15) is 0 Å². The Morgan fingerprint density at radius 3 is 2.15 bits per heavy atom. The number of aromatic amines is 1. The molecule has 26 heavy (non-hydrogen) atoms. The number of nitrogens with one attached hydrogen (secondary N) is 1. The van der Waals surface area contributed by atoms with Crippen molar-refractivity contribution in [2.75, 3.05) is 0 Å². The third kappa shape index (κ3) is 1.33. The average Bonchev–Trinajstić information content (AvgIpc) is 3.32. The van der Waals surface area contributed by atoms with Gasteiger partial charge in [0, 0.05) is 43.4 Å². The van der Waals surface area contributed by atoms with Crippen LogP contribution in [0.1, 0.15) is 0 Å². The predicted octanol–water partition coefficient (Wildman–Crippen LogP) is 6.47. The lowest BCUT2D eigenvalue weighted by Gasteiger charge is -1.98. The van der Waals surface area contributed by atoms with E-state index >= 15 is 0 Å². The Morgan fingerprint density at radius 1 is 0.500 bits per heavy atom. The van der Waals surface area contributed by atoms with E-state index in [0.29, 0.717) is 0 Å². The molecule has 1 N–H and O–H groups in total. The van der Waals surface area contributed by atoms with Crippen molar-refractivity contribution in [3.63, 3.8) is 0 Å². The quantitative estimate of drug-likeness (QED) is 0.329. The normalized spacial score (nSPS) is 12.6. The molecule has 4 aromatic carbocycles. The van der Waals surface area contributed by atoms with Crippen molar-refractivity contribution in [3.8, 4) is 0 Å². The van der Waals surface area contributed by atoms with Crippen LogP contribution in [0, 0.1) is 0 Å². The summed E-state index contributed by atoms with van der Waals surface area (Å²) in [7, 11) is 0. The highest BCUT2D eigenvalue weighted by Gasteiger charge is 2.18. The second kappa shape index (κ2) is 4.17. The van der Waals surface area contributed by atoms with Gasteiger partial charge in [0.2, 0.25) is 0 Å². The van der Waals surface area contributed by atoms with E-state index in [4.69, 9.17) is 0 Å². The SMILES string of the molecule is c1ccc2c(c1)[nH]c1cc3c(cc12)c1cccc2c4ccccc4n3c21. The van der Waals surface area contributed by atoms with Crippen LogP contribution in [0.5, 0.6) is 0 Å². The summed E-state index contributed by atoms with van der Waals surface area (Å²) in [4.78, 5) is 3.59. The molecule has 0 aliphatic rings. The molecule has 0 aliphatic heterocycles. The van der Waals surface area contributed by atoms with E-state index in [1.165, 1.54) is 59.9 Å². The maximum Gasteiger partial charge on any atom is 0.0620 e. The van der Waals surface area contributed by atoms with Crippen LogP contribution < -0.4 is 0 Å². The van der Waals surface area contributed by atoms with Gasteiger partial charge in [-0.15, -0.1) is 0 Å². The molecule has 0 saturated heterocycles. The first-order valence-corrected chi connectivity index (χ1v) is 8.97. The molecule has 7 rings (SSSR count).